The Bertz CT molecular complexity index is 469. The molecule has 1 atom stereocenters. The molecule has 2 aliphatic rings. The van der Waals surface area contributed by atoms with Gasteiger partial charge in [-0.15, -0.1) is 23.5 Å². The summed E-state index contributed by atoms with van der Waals surface area (Å²) < 4.78 is 0. The minimum atomic E-state index is -0.0514. The van der Waals surface area contributed by atoms with Gasteiger partial charge in [-0.2, -0.15) is 0 Å². The van der Waals surface area contributed by atoms with Crippen LogP contribution in [-0.2, 0) is 4.79 Å². The molecule has 2 fully saturated rings. The van der Waals surface area contributed by atoms with Gasteiger partial charge < -0.3 is 5.32 Å². The fraction of sp³-hybridized carbons (Fsp3) is 0.533. The third kappa shape index (κ3) is 3.51. The van der Waals surface area contributed by atoms with Gasteiger partial charge in [0, 0.05) is 21.8 Å². The van der Waals surface area contributed by atoms with Gasteiger partial charge in [-0.3, -0.25) is 10.1 Å². The normalized spacial score (nSPS) is 23.1. The molecule has 0 radical (unpaired) electrons. The van der Waals surface area contributed by atoms with Gasteiger partial charge in [0.15, 0.2) is 0 Å². The van der Waals surface area contributed by atoms with Crippen molar-refractivity contribution in [2.75, 3.05) is 16.9 Å². The van der Waals surface area contributed by atoms with E-state index in [4.69, 9.17) is 0 Å². The summed E-state index contributed by atoms with van der Waals surface area (Å²) in [7, 11) is 0. The predicted molar refractivity (Wildman–Crippen MR) is 87.4 cm³/mol. The number of hydrogen-bond donors (Lipinski definition) is 2. The van der Waals surface area contributed by atoms with Gasteiger partial charge in [0.1, 0.15) is 0 Å². The van der Waals surface area contributed by atoms with Crippen LogP contribution in [-0.4, -0.2) is 28.8 Å². The van der Waals surface area contributed by atoms with Gasteiger partial charge in [-0.25, -0.2) is 0 Å². The third-order valence-electron chi connectivity index (χ3n) is 3.77. The maximum absolute atomic E-state index is 12.2. The Morgan fingerprint density at radius 3 is 2.85 bits per heavy atom. The summed E-state index contributed by atoms with van der Waals surface area (Å²) in [4.78, 5) is 13.4. The number of rotatable bonds is 4. The largest absolute Gasteiger partial charge is 0.324 e. The van der Waals surface area contributed by atoms with Gasteiger partial charge in [-0.05, 0) is 25.0 Å². The average Bonchev–Trinajstić information content (AvgIpc) is 3.13. The number of nitrogens with one attached hydrogen (secondary N) is 2. The van der Waals surface area contributed by atoms with Gasteiger partial charge in [0.05, 0.1) is 11.7 Å². The van der Waals surface area contributed by atoms with Crippen molar-refractivity contribution in [1.29, 1.82) is 0 Å². The molecule has 3 rings (SSSR count). The first-order valence-electron chi connectivity index (χ1n) is 7.20. The first kappa shape index (κ1) is 14.3. The van der Waals surface area contributed by atoms with Gasteiger partial charge >= 0.3 is 0 Å². The Morgan fingerprint density at radius 1 is 1.30 bits per heavy atom. The van der Waals surface area contributed by atoms with E-state index in [2.05, 4.69) is 22.8 Å². The smallest absolute Gasteiger partial charge is 0.242 e. The van der Waals surface area contributed by atoms with Crippen LogP contribution in [0, 0.1) is 0 Å². The zero-order chi connectivity index (χ0) is 13.8. The van der Waals surface area contributed by atoms with Crippen molar-refractivity contribution < 1.29 is 4.79 Å². The molecule has 3 nitrogen and oxygen atoms in total. The highest BCUT2D eigenvalue weighted by molar-refractivity contribution is 8.00. The van der Waals surface area contributed by atoms with Crippen molar-refractivity contribution in [3.8, 4) is 0 Å². The number of benzene rings is 1. The molecular weight excluding hydrogens is 288 g/mol. The summed E-state index contributed by atoms with van der Waals surface area (Å²) >= 11 is 3.70. The van der Waals surface area contributed by atoms with E-state index >= 15 is 0 Å². The van der Waals surface area contributed by atoms with E-state index in [0.717, 1.165) is 17.3 Å². The van der Waals surface area contributed by atoms with Crippen LogP contribution in [0.15, 0.2) is 29.2 Å². The number of anilines is 1. The quantitative estimate of drug-likeness (QED) is 0.895. The highest BCUT2D eigenvalue weighted by atomic mass is 32.2. The van der Waals surface area contributed by atoms with Crippen LogP contribution >= 0.6 is 23.5 Å². The summed E-state index contributed by atoms with van der Waals surface area (Å²) in [6.07, 6.45) is 5.28. The van der Waals surface area contributed by atoms with Gasteiger partial charge in [0.25, 0.3) is 0 Å². The van der Waals surface area contributed by atoms with E-state index in [9.17, 15) is 4.79 Å². The van der Waals surface area contributed by atoms with Crippen LogP contribution in [0.2, 0.25) is 0 Å². The molecule has 1 aromatic rings. The number of amides is 1. The summed E-state index contributed by atoms with van der Waals surface area (Å²) in [6.45, 7) is 0. The fourth-order valence-electron chi connectivity index (χ4n) is 2.64. The average molecular weight is 308 g/mol. The molecule has 1 heterocycles. The first-order valence-corrected chi connectivity index (χ1v) is 9.24. The number of carbonyl (C=O) groups is 1. The summed E-state index contributed by atoms with van der Waals surface area (Å²) in [5.74, 6) is 1.83. The fourth-order valence-corrected chi connectivity index (χ4v) is 4.92. The zero-order valence-corrected chi connectivity index (χ0v) is 13.1. The lowest BCUT2D eigenvalue weighted by Crippen LogP contribution is -2.37. The lowest BCUT2D eigenvalue weighted by Gasteiger charge is -2.16. The van der Waals surface area contributed by atoms with E-state index in [1.54, 1.807) is 11.8 Å². The Hall–Kier alpha value is -0.650. The second-order valence-electron chi connectivity index (χ2n) is 5.28. The van der Waals surface area contributed by atoms with Crippen molar-refractivity contribution in [2.24, 2.45) is 0 Å². The first-order chi connectivity index (χ1) is 9.83. The summed E-state index contributed by atoms with van der Waals surface area (Å²) in [5.41, 5.74) is 0.966. The van der Waals surface area contributed by atoms with E-state index < -0.39 is 0 Å². The van der Waals surface area contributed by atoms with Gasteiger partial charge in [-0.1, -0.05) is 25.0 Å². The molecule has 0 aromatic heterocycles. The number of carbonyl (C=O) groups excluding carboxylic acids is 1. The predicted octanol–water partition coefficient (Wildman–Crippen LogP) is 3.32. The topological polar surface area (TPSA) is 41.1 Å². The van der Waals surface area contributed by atoms with Crippen LogP contribution in [0.4, 0.5) is 5.69 Å². The third-order valence-corrected chi connectivity index (χ3v) is 6.13. The lowest BCUT2D eigenvalue weighted by molar-refractivity contribution is -0.117. The van der Waals surface area contributed by atoms with Crippen LogP contribution in [0.5, 0.6) is 0 Å². The van der Waals surface area contributed by atoms with Crippen molar-refractivity contribution >= 4 is 35.1 Å². The molecule has 5 heteroatoms. The van der Waals surface area contributed by atoms with Crippen LogP contribution in [0.1, 0.15) is 25.7 Å². The van der Waals surface area contributed by atoms with E-state index in [-0.39, 0.29) is 11.9 Å². The highest BCUT2D eigenvalue weighted by Crippen LogP contribution is 2.38. The Kier molecular flexibility index (Phi) is 4.91. The molecule has 108 valence electrons. The summed E-state index contributed by atoms with van der Waals surface area (Å²) in [6, 6.07) is 8.12. The Balaban J connectivity index is 1.66. The molecule has 1 amide bonds. The second-order valence-corrected chi connectivity index (χ2v) is 7.65. The lowest BCUT2D eigenvalue weighted by atomic mass is 10.2. The minimum absolute atomic E-state index is 0.0514. The van der Waals surface area contributed by atoms with E-state index in [0.29, 0.717) is 5.25 Å². The summed E-state index contributed by atoms with van der Waals surface area (Å²) in [5, 5.41) is 7.02. The van der Waals surface area contributed by atoms with Crippen molar-refractivity contribution in [3.63, 3.8) is 0 Å². The molecule has 0 spiro atoms. The number of thioether (sulfide) groups is 2. The van der Waals surface area contributed by atoms with Crippen LogP contribution < -0.4 is 10.6 Å². The molecule has 2 N–H and O–H groups in total. The number of para-hydroxylation sites is 1. The highest BCUT2D eigenvalue weighted by Gasteiger charge is 2.24. The standard InChI is InChI=1S/C15H20N2OS2/c18-15(13-9-19-10-16-13)17-12-7-3-4-8-14(12)20-11-5-1-2-6-11/h3-4,7-8,11,13,16H,1-2,5-6,9-10H2,(H,17,18). The maximum Gasteiger partial charge on any atom is 0.242 e. The molecular formula is C15H20N2OS2. The molecule has 1 aliphatic carbocycles. The Labute approximate surface area is 128 Å². The SMILES string of the molecule is O=C(Nc1ccccc1SC1CCCC1)C1CSCN1. The van der Waals surface area contributed by atoms with Crippen molar-refractivity contribution in [1.82, 2.24) is 5.32 Å². The van der Waals surface area contributed by atoms with Gasteiger partial charge in [0.2, 0.25) is 5.91 Å². The monoisotopic (exact) mass is 308 g/mol. The Morgan fingerprint density at radius 2 is 2.10 bits per heavy atom. The maximum atomic E-state index is 12.2. The molecule has 1 aliphatic heterocycles. The molecule has 1 saturated carbocycles. The molecule has 1 unspecified atom stereocenters. The number of hydrogen-bond acceptors (Lipinski definition) is 4. The van der Waals surface area contributed by atoms with E-state index in [1.165, 1.54) is 30.6 Å². The minimum Gasteiger partial charge on any atom is -0.324 e. The van der Waals surface area contributed by atoms with E-state index in [1.807, 2.05) is 23.9 Å². The molecule has 1 saturated heterocycles. The van der Waals surface area contributed by atoms with Crippen LogP contribution in [0.25, 0.3) is 0 Å². The van der Waals surface area contributed by atoms with Crippen molar-refractivity contribution in [2.45, 2.75) is 41.9 Å². The second kappa shape index (κ2) is 6.87. The molecule has 1 aromatic carbocycles. The van der Waals surface area contributed by atoms with Crippen LogP contribution in [0.3, 0.4) is 0 Å². The molecule has 0 bridgehead atoms. The molecule has 20 heavy (non-hydrogen) atoms. The van der Waals surface area contributed by atoms with Crippen molar-refractivity contribution in [3.05, 3.63) is 24.3 Å². The zero-order valence-electron chi connectivity index (χ0n) is 11.4.